The Balaban J connectivity index is 2.75. The fraction of sp³-hybridized carbons (Fsp3) is 0.400. The molecule has 0 radical (unpaired) electrons. The second kappa shape index (κ2) is 5.63. The SMILES string of the molecule is COCCOc1cc(F)c(CO)c(F)c1. The normalized spacial score (nSPS) is 10.4. The third-order valence-corrected chi connectivity index (χ3v) is 1.83. The van der Waals surface area contributed by atoms with Crippen LogP contribution in [0.25, 0.3) is 0 Å². The number of methoxy groups -OCH3 is 1. The molecule has 0 heterocycles. The molecule has 0 atom stereocenters. The third-order valence-electron chi connectivity index (χ3n) is 1.83. The van der Waals surface area contributed by atoms with Gasteiger partial charge in [-0.3, -0.25) is 0 Å². The molecule has 0 aromatic heterocycles. The second-order valence-electron chi connectivity index (χ2n) is 2.86. The highest BCUT2D eigenvalue weighted by atomic mass is 19.1. The van der Waals surface area contributed by atoms with Crippen molar-refractivity contribution in [3.63, 3.8) is 0 Å². The van der Waals surface area contributed by atoms with E-state index in [1.54, 1.807) is 0 Å². The fourth-order valence-corrected chi connectivity index (χ4v) is 1.06. The molecule has 1 rings (SSSR count). The number of hydrogen-bond donors (Lipinski definition) is 1. The number of ether oxygens (including phenoxy) is 2. The first-order valence-corrected chi connectivity index (χ1v) is 4.39. The maximum atomic E-state index is 13.1. The van der Waals surface area contributed by atoms with Crippen molar-refractivity contribution < 1.29 is 23.4 Å². The Morgan fingerprint density at radius 1 is 1.20 bits per heavy atom. The lowest BCUT2D eigenvalue weighted by Crippen LogP contribution is -2.05. The Morgan fingerprint density at radius 3 is 2.27 bits per heavy atom. The molecule has 0 spiro atoms. The van der Waals surface area contributed by atoms with Crippen molar-refractivity contribution in [2.24, 2.45) is 0 Å². The largest absolute Gasteiger partial charge is 0.491 e. The second-order valence-corrected chi connectivity index (χ2v) is 2.86. The number of benzene rings is 1. The minimum atomic E-state index is -0.815. The van der Waals surface area contributed by atoms with Gasteiger partial charge >= 0.3 is 0 Å². The lowest BCUT2D eigenvalue weighted by atomic mass is 10.2. The van der Waals surface area contributed by atoms with Gasteiger partial charge in [-0.1, -0.05) is 0 Å². The van der Waals surface area contributed by atoms with Crippen molar-refractivity contribution in [3.05, 3.63) is 29.3 Å². The van der Waals surface area contributed by atoms with Gasteiger partial charge in [0.05, 0.1) is 13.2 Å². The lowest BCUT2D eigenvalue weighted by Gasteiger charge is -2.08. The standard InChI is InChI=1S/C10H12F2O3/c1-14-2-3-15-7-4-9(11)8(6-13)10(12)5-7/h4-5,13H,2-3,6H2,1H3. The zero-order valence-corrected chi connectivity index (χ0v) is 8.30. The Labute approximate surface area is 86.2 Å². The Bertz CT molecular complexity index is 305. The molecular formula is C10H12F2O3. The van der Waals surface area contributed by atoms with Gasteiger partial charge in [-0.25, -0.2) is 8.78 Å². The van der Waals surface area contributed by atoms with Crippen LogP contribution in [0.15, 0.2) is 12.1 Å². The maximum absolute atomic E-state index is 13.1. The molecule has 0 amide bonds. The van der Waals surface area contributed by atoms with Gasteiger partial charge in [0.1, 0.15) is 24.0 Å². The summed E-state index contributed by atoms with van der Waals surface area (Å²) in [6.45, 7) is -0.116. The van der Waals surface area contributed by atoms with Crippen molar-refractivity contribution >= 4 is 0 Å². The van der Waals surface area contributed by atoms with Gasteiger partial charge < -0.3 is 14.6 Å². The molecule has 3 nitrogen and oxygen atoms in total. The quantitative estimate of drug-likeness (QED) is 0.761. The Hall–Kier alpha value is -1.20. The summed E-state index contributed by atoms with van der Waals surface area (Å²) in [4.78, 5) is 0. The van der Waals surface area contributed by atoms with E-state index in [1.165, 1.54) is 7.11 Å². The van der Waals surface area contributed by atoms with E-state index in [-0.39, 0.29) is 17.9 Å². The molecule has 84 valence electrons. The molecule has 1 N–H and O–H groups in total. The summed E-state index contributed by atoms with van der Waals surface area (Å²) < 4.78 is 36.0. The van der Waals surface area contributed by atoms with E-state index in [9.17, 15) is 8.78 Å². The fourth-order valence-electron chi connectivity index (χ4n) is 1.06. The highest BCUT2D eigenvalue weighted by Gasteiger charge is 2.10. The topological polar surface area (TPSA) is 38.7 Å². The van der Waals surface area contributed by atoms with Crippen LogP contribution >= 0.6 is 0 Å². The van der Waals surface area contributed by atoms with Gasteiger partial charge in [-0.05, 0) is 0 Å². The Kier molecular flexibility index (Phi) is 4.45. The molecule has 0 saturated heterocycles. The van der Waals surface area contributed by atoms with Crippen LogP contribution in [0, 0.1) is 11.6 Å². The smallest absolute Gasteiger partial charge is 0.135 e. The first-order valence-electron chi connectivity index (χ1n) is 4.39. The van der Waals surface area contributed by atoms with Crippen molar-refractivity contribution in [3.8, 4) is 5.75 Å². The van der Waals surface area contributed by atoms with E-state index in [0.29, 0.717) is 6.61 Å². The summed E-state index contributed by atoms with van der Waals surface area (Å²) in [5, 5.41) is 8.66. The first-order chi connectivity index (χ1) is 7.19. The van der Waals surface area contributed by atoms with E-state index in [2.05, 4.69) is 0 Å². The molecule has 0 aliphatic carbocycles. The number of aliphatic hydroxyl groups excluding tert-OH is 1. The van der Waals surface area contributed by atoms with Crippen LogP contribution in [0.1, 0.15) is 5.56 Å². The molecule has 0 bridgehead atoms. The van der Waals surface area contributed by atoms with Crippen molar-refractivity contribution in [2.45, 2.75) is 6.61 Å². The van der Waals surface area contributed by atoms with Gasteiger partial charge in [0.15, 0.2) is 0 Å². The highest BCUT2D eigenvalue weighted by molar-refractivity contribution is 5.30. The summed E-state index contributed by atoms with van der Waals surface area (Å²) in [6.07, 6.45) is 0. The van der Waals surface area contributed by atoms with Crippen molar-refractivity contribution in [1.29, 1.82) is 0 Å². The van der Waals surface area contributed by atoms with Crippen molar-refractivity contribution in [1.82, 2.24) is 0 Å². The summed E-state index contributed by atoms with van der Waals surface area (Å²) in [7, 11) is 1.50. The van der Waals surface area contributed by atoms with E-state index < -0.39 is 18.2 Å². The molecule has 1 aromatic carbocycles. The minimum Gasteiger partial charge on any atom is -0.491 e. The van der Waals surface area contributed by atoms with Gasteiger partial charge in [0.2, 0.25) is 0 Å². The monoisotopic (exact) mass is 218 g/mol. The van der Waals surface area contributed by atoms with E-state index in [4.69, 9.17) is 14.6 Å². The summed E-state index contributed by atoms with van der Waals surface area (Å²) >= 11 is 0. The zero-order valence-electron chi connectivity index (χ0n) is 8.30. The molecular weight excluding hydrogens is 206 g/mol. The molecule has 5 heteroatoms. The van der Waals surface area contributed by atoms with Crippen LogP contribution in [0.4, 0.5) is 8.78 Å². The number of rotatable bonds is 5. The van der Waals surface area contributed by atoms with Crippen LogP contribution in [-0.4, -0.2) is 25.4 Å². The first kappa shape index (κ1) is 11.9. The van der Waals surface area contributed by atoms with E-state index >= 15 is 0 Å². The van der Waals surface area contributed by atoms with Gasteiger partial charge in [-0.2, -0.15) is 0 Å². The predicted octanol–water partition coefficient (Wildman–Crippen LogP) is 1.48. The lowest BCUT2D eigenvalue weighted by molar-refractivity contribution is 0.145. The van der Waals surface area contributed by atoms with E-state index in [0.717, 1.165) is 12.1 Å². The number of halogens is 2. The molecule has 1 aromatic rings. The molecule has 15 heavy (non-hydrogen) atoms. The average molecular weight is 218 g/mol. The van der Waals surface area contributed by atoms with Crippen molar-refractivity contribution in [2.75, 3.05) is 20.3 Å². The summed E-state index contributed by atoms with van der Waals surface area (Å²) in [5.74, 6) is -1.55. The average Bonchev–Trinajstić information content (AvgIpc) is 2.18. The van der Waals surface area contributed by atoms with Gasteiger partial charge in [-0.15, -0.1) is 0 Å². The Morgan fingerprint density at radius 2 is 1.80 bits per heavy atom. The highest BCUT2D eigenvalue weighted by Crippen LogP contribution is 2.20. The van der Waals surface area contributed by atoms with Crippen LogP contribution in [-0.2, 0) is 11.3 Å². The summed E-state index contributed by atoms with van der Waals surface area (Å²) in [6, 6.07) is 2.06. The maximum Gasteiger partial charge on any atom is 0.135 e. The molecule has 0 fully saturated rings. The molecule has 0 aliphatic heterocycles. The minimum absolute atomic E-state index is 0.0826. The molecule has 0 unspecified atom stereocenters. The predicted molar refractivity (Wildman–Crippen MR) is 49.7 cm³/mol. The van der Waals surface area contributed by atoms with E-state index in [1.807, 2.05) is 0 Å². The third kappa shape index (κ3) is 3.14. The summed E-state index contributed by atoms with van der Waals surface area (Å²) in [5.41, 5.74) is -0.353. The van der Waals surface area contributed by atoms with Gasteiger partial charge in [0, 0.05) is 24.8 Å². The van der Waals surface area contributed by atoms with Crippen LogP contribution in [0.2, 0.25) is 0 Å². The van der Waals surface area contributed by atoms with Crippen LogP contribution in [0.5, 0.6) is 5.75 Å². The molecule has 0 saturated carbocycles. The van der Waals surface area contributed by atoms with Crippen LogP contribution in [0.3, 0.4) is 0 Å². The molecule has 0 aliphatic rings. The zero-order chi connectivity index (χ0) is 11.3. The van der Waals surface area contributed by atoms with Gasteiger partial charge in [0.25, 0.3) is 0 Å². The number of hydrogen-bond acceptors (Lipinski definition) is 3. The number of aliphatic hydroxyl groups is 1. The van der Waals surface area contributed by atoms with Crippen LogP contribution < -0.4 is 4.74 Å².